The number of pyridine rings is 1. The summed E-state index contributed by atoms with van der Waals surface area (Å²) in [5.74, 6) is -0.212. The molecular formula is C14H10BrN3O. The molecule has 0 aliphatic rings. The topological polar surface area (TPSA) is 65.8 Å². The average molecular weight is 316 g/mol. The predicted octanol–water partition coefficient (Wildman–Crippen LogP) is 3.28. The van der Waals surface area contributed by atoms with Crippen LogP contribution >= 0.6 is 15.9 Å². The summed E-state index contributed by atoms with van der Waals surface area (Å²) in [7, 11) is 0. The SMILES string of the molecule is Cc1cc(C(=O)Nc2ccc(C#N)cc2Br)ccn1. The highest BCUT2D eigenvalue weighted by molar-refractivity contribution is 9.10. The maximum Gasteiger partial charge on any atom is 0.255 e. The second-order valence-electron chi connectivity index (χ2n) is 3.95. The van der Waals surface area contributed by atoms with Gasteiger partial charge < -0.3 is 5.32 Å². The van der Waals surface area contributed by atoms with Crippen LogP contribution in [-0.2, 0) is 0 Å². The van der Waals surface area contributed by atoms with Crippen molar-refractivity contribution in [1.29, 1.82) is 5.26 Å². The smallest absolute Gasteiger partial charge is 0.255 e. The molecule has 1 N–H and O–H groups in total. The van der Waals surface area contributed by atoms with Gasteiger partial charge in [0.2, 0.25) is 0 Å². The maximum absolute atomic E-state index is 12.0. The van der Waals surface area contributed by atoms with Gasteiger partial charge in [-0.1, -0.05) is 0 Å². The maximum atomic E-state index is 12.0. The summed E-state index contributed by atoms with van der Waals surface area (Å²) in [6.45, 7) is 1.83. The lowest BCUT2D eigenvalue weighted by atomic mass is 10.2. The molecule has 0 aliphatic carbocycles. The van der Waals surface area contributed by atoms with Crippen molar-refractivity contribution in [3.8, 4) is 6.07 Å². The lowest BCUT2D eigenvalue weighted by molar-refractivity contribution is 0.102. The number of anilines is 1. The van der Waals surface area contributed by atoms with Crippen LogP contribution in [0.25, 0.3) is 0 Å². The van der Waals surface area contributed by atoms with Gasteiger partial charge in [0, 0.05) is 21.9 Å². The van der Waals surface area contributed by atoms with E-state index < -0.39 is 0 Å². The minimum absolute atomic E-state index is 0.212. The molecule has 0 saturated carbocycles. The molecule has 0 spiro atoms. The van der Waals surface area contributed by atoms with Crippen LogP contribution in [0.5, 0.6) is 0 Å². The minimum atomic E-state index is -0.212. The van der Waals surface area contributed by atoms with E-state index in [4.69, 9.17) is 5.26 Å². The number of carbonyl (C=O) groups excluding carboxylic acids is 1. The molecule has 0 unspecified atom stereocenters. The van der Waals surface area contributed by atoms with Crippen molar-refractivity contribution < 1.29 is 4.79 Å². The zero-order valence-corrected chi connectivity index (χ0v) is 11.7. The van der Waals surface area contributed by atoms with Crippen LogP contribution < -0.4 is 5.32 Å². The van der Waals surface area contributed by atoms with Crippen molar-refractivity contribution >= 4 is 27.5 Å². The van der Waals surface area contributed by atoms with Crippen LogP contribution in [0.4, 0.5) is 5.69 Å². The molecular weight excluding hydrogens is 306 g/mol. The molecule has 1 aromatic carbocycles. The Hall–Kier alpha value is -2.19. The largest absolute Gasteiger partial charge is 0.321 e. The molecule has 0 aliphatic heterocycles. The monoisotopic (exact) mass is 315 g/mol. The highest BCUT2D eigenvalue weighted by Crippen LogP contribution is 2.24. The van der Waals surface area contributed by atoms with Crippen molar-refractivity contribution in [2.24, 2.45) is 0 Å². The van der Waals surface area contributed by atoms with Gasteiger partial charge >= 0.3 is 0 Å². The Bertz CT molecular complexity index is 677. The summed E-state index contributed by atoms with van der Waals surface area (Å²) in [5, 5.41) is 11.6. The molecule has 19 heavy (non-hydrogen) atoms. The lowest BCUT2D eigenvalue weighted by Gasteiger charge is -2.07. The molecule has 5 heteroatoms. The lowest BCUT2D eigenvalue weighted by Crippen LogP contribution is -2.12. The molecule has 0 radical (unpaired) electrons. The van der Waals surface area contributed by atoms with Crippen molar-refractivity contribution in [3.63, 3.8) is 0 Å². The number of hydrogen-bond acceptors (Lipinski definition) is 3. The van der Waals surface area contributed by atoms with E-state index >= 15 is 0 Å². The van der Waals surface area contributed by atoms with Gasteiger partial charge in [0.05, 0.1) is 17.3 Å². The molecule has 94 valence electrons. The summed E-state index contributed by atoms with van der Waals surface area (Å²) >= 11 is 3.33. The normalized spacial score (nSPS) is 9.74. The molecule has 2 aromatic rings. The van der Waals surface area contributed by atoms with Crippen LogP contribution in [0.3, 0.4) is 0 Å². The first kappa shape index (κ1) is 13.2. The second kappa shape index (κ2) is 5.63. The van der Waals surface area contributed by atoms with Crippen LogP contribution in [0.2, 0.25) is 0 Å². The predicted molar refractivity (Wildman–Crippen MR) is 75.8 cm³/mol. The number of nitrogens with zero attached hydrogens (tertiary/aromatic N) is 2. The Labute approximate surface area is 119 Å². The van der Waals surface area contributed by atoms with Gasteiger partial charge in [-0.25, -0.2) is 0 Å². The number of nitrogens with one attached hydrogen (secondary N) is 1. The Balaban J connectivity index is 2.22. The number of amides is 1. The Morgan fingerprint density at radius 3 is 2.79 bits per heavy atom. The van der Waals surface area contributed by atoms with Crippen LogP contribution in [0.1, 0.15) is 21.6 Å². The van der Waals surface area contributed by atoms with Gasteiger partial charge in [-0.15, -0.1) is 0 Å². The van der Waals surface area contributed by atoms with Gasteiger partial charge in [0.15, 0.2) is 0 Å². The summed E-state index contributed by atoms with van der Waals surface area (Å²) in [4.78, 5) is 16.1. The van der Waals surface area contributed by atoms with Crippen LogP contribution in [0, 0.1) is 18.3 Å². The number of aryl methyl sites for hydroxylation is 1. The Kier molecular flexibility index (Phi) is 3.93. The molecule has 1 amide bonds. The van der Waals surface area contributed by atoms with Gasteiger partial charge in [-0.05, 0) is 53.2 Å². The van der Waals surface area contributed by atoms with Crippen LogP contribution in [-0.4, -0.2) is 10.9 Å². The molecule has 0 bridgehead atoms. The van der Waals surface area contributed by atoms with Gasteiger partial charge in [0.25, 0.3) is 5.91 Å². The number of carbonyl (C=O) groups is 1. The first-order valence-electron chi connectivity index (χ1n) is 5.54. The summed E-state index contributed by atoms with van der Waals surface area (Å²) in [6, 6.07) is 10.4. The zero-order valence-electron chi connectivity index (χ0n) is 10.1. The minimum Gasteiger partial charge on any atom is -0.321 e. The third-order valence-corrected chi connectivity index (χ3v) is 3.16. The van der Waals surface area contributed by atoms with E-state index in [0.717, 1.165) is 5.69 Å². The van der Waals surface area contributed by atoms with E-state index in [2.05, 4.69) is 26.2 Å². The number of nitriles is 1. The van der Waals surface area contributed by atoms with Gasteiger partial charge in [-0.3, -0.25) is 9.78 Å². The average Bonchev–Trinajstić information content (AvgIpc) is 2.41. The van der Waals surface area contributed by atoms with Crippen molar-refractivity contribution in [1.82, 2.24) is 4.98 Å². The highest BCUT2D eigenvalue weighted by atomic mass is 79.9. The fourth-order valence-electron chi connectivity index (χ4n) is 1.57. The van der Waals surface area contributed by atoms with Crippen molar-refractivity contribution in [3.05, 3.63) is 57.8 Å². The first-order valence-corrected chi connectivity index (χ1v) is 6.33. The van der Waals surface area contributed by atoms with E-state index in [0.29, 0.717) is 21.3 Å². The molecule has 0 atom stereocenters. The van der Waals surface area contributed by atoms with E-state index in [1.165, 1.54) is 0 Å². The number of aromatic nitrogens is 1. The number of halogens is 1. The van der Waals surface area contributed by atoms with E-state index in [9.17, 15) is 4.79 Å². The molecule has 2 rings (SSSR count). The second-order valence-corrected chi connectivity index (χ2v) is 4.80. The summed E-state index contributed by atoms with van der Waals surface area (Å²) < 4.78 is 0.672. The van der Waals surface area contributed by atoms with E-state index in [-0.39, 0.29) is 5.91 Å². The van der Waals surface area contributed by atoms with Crippen LogP contribution in [0.15, 0.2) is 41.0 Å². The summed E-state index contributed by atoms with van der Waals surface area (Å²) in [6.07, 6.45) is 1.60. The third-order valence-electron chi connectivity index (χ3n) is 2.51. The number of benzene rings is 1. The Morgan fingerprint density at radius 2 is 2.16 bits per heavy atom. The first-order chi connectivity index (χ1) is 9.10. The van der Waals surface area contributed by atoms with Crippen molar-refractivity contribution in [2.45, 2.75) is 6.92 Å². The van der Waals surface area contributed by atoms with Crippen molar-refractivity contribution in [2.75, 3.05) is 5.32 Å². The fraction of sp³-hybridized carbons (Fsp3) is 0.0714. The highest BCUT2D eigenvalue weighted by Gasteiger charge is 2.09. The third kappa shape index (κ3) is 3.18. The molecule has 1 heterocycles. The molecule has 0 fully saturated rings. The van der Waals surface area contributed by atoms with E-state index in [1.54, 1.807) is 36.5 Å². The van der Waals surface area contributed by atoms with E-state index in [1.807, 2.05) is 13.0 Å². The fourth-order valence-corrected chi connectivity index (χ4v) is 2.05. The number of rotatable bonds is 2. The Morgan fingerprint density at radius 1 is 1.37 bits per heavy atom. The standard InChI is InChI=1S/C14H10BrN3O/c1-9-6-11(4-5-17-9)14(19)18-13-3-2-10(8-16)7-12(13)15/h2-7H,1H3,(H,18,19). The van der Waals surface area contributed by atoms with Gasteiger partial charge in [0.1, 0.15) is 0 Å². The molecule has 0 saturated heterocycles. The quantitative estimate of drug-likeness (QED) is 0.924. The van der Waals surface area contributed by atoms with Gasteiger partial charge in [-0.2, -0.15) is 5.26 Å². The number of hydrogen-bond donors (Lipinski definition) is 1. The zero-order chi connectivity index (χ0) is 13.8. The molecule has 4 nitrogen and oxygen atoms in total. The summed E-state index contributed by atoms with van der Waals surface area (Å²) in [5.41, 5.74) is 2.48. The molecule has 1 aromatic heterocycles.